The van der Waals surface area contributed by atoms with Gasteiger partial charge in [0.15, 0.2) is 12.4 Å². The lowest BCUT2D eigenvalue weighted by atomic mass is 9.97. The second-order valence-electron chi connectivity index (χ2n) is 28.3. The maximum absolute atomic E-state index is 13.3. The second kappa shape index (κ2) is 40.4. The second-order valence-corrected chi connectivity index (χ2v) is 28.3. The Morgan fingerprint density at radius 2 is 0.917 bits per heavy atom. The zero-order valence-electron chi connectivity index (χ0n) is 67.5. The highest BCUT2D eigenvalue weighted by atomic mass is 19.1. The van der Waals surface area contributed by atoms with E-state index in [2.05, 4.69) is 52.5 Å². The number of para-hydroxylation sites is 2. The number of Topliss-reactive ketones (excluding diaryl/α,β-unsaturated/α-hetero) is 1. The van der Waals surface area contributed by atoms with Crippen LogP contribution in [-0.2, 0) is 28.8 Å². The molecule has 121 heavy (non-hydrogen) atoms. The largest absolute Gasteiger partial charge is 0.485 e. The molecule has 11 N–H and O–H groups in total. The van der Waals surface area contributed by atoms with Gasteiger partial charge in [0.05, 0.1) is 64.3 Å². The van der Waals surface area contributed by atoms with Crippen LogP contribution in [0.3, 0.4) is 0 Å². The van der Waals surface area contributed by atoms with E-state index in [0.717, 1.165) is 89.2 Å². The van der Waals surface area contributed by atoms with Crippen LogP contribution in [0.2, 0.25) is 0 Å². The number of carboxylic acid groups (broad SMARTS) is 1. The molecule has 8 aromatic carbocycles. The van der Waals surface area contributed by atoms with Gasteiger partial charge in [-0.2, -0.15) is 0 Å². The third-order valence-electron chi connectivity index (χ3n) is 20.3. The average Bonchev–Trinajstić information content (AvgIpc) is 1.57. The first-order chi connectivity index (χ1) is 58.9. The van der Waals surface area contributed by atoms with Crippen LogP contribution in [0.5, 0.6) is 11.5 Å². The van der Waals surface area contributed by atoms with E-state index in [1.807, 2.05) is 141 Å². The number of amides is 12. The molecule has 2 saturated heterocycles. The number of alkyl halides is 1. The molecule has 2 unspecified atom stereocenters. The molecular weight excluding hydrogens is 1550 g/mol. The van der Waals surface area contributed by atoms with Gasteiger partial charge in [0.2, 0.25) is 23.6 Å². The number of unbranched alkanes of at least 4 members (excludes halogenated alkanes) is 3. The first-order valence-electron chi connectivity index (χ1n) is 39.5. The van der Waals surface area contributed by atoms with Crippen molar-refractivity contribution in [3.05, 3.63) is 238 Å². The molecule has 0 spiro atoms. The number of hydrogen-bond acceptors (Lipinski definition) is 21. The Kier molecular flexibility index (Phi) is 28.6. The van der Waals surface area contributed by atoms with Crippen molar-refractivity contribution in [3.63, 3.8) is 0 Å². The molecule has 30 nitrogen and oxygen atoms in total. The quantitative estimate of drug-likeness (QED) is 0.0161. The summed E-state index contributed by atoms with van der Waals surface area (Å²) in [7, 11) is 2.18. The highest BCUT2D eigenvalue weighted by molar-refractivity contribution is 6.26. The monoisotopic (exact) mass is 1640 g/mol. The number of anilines is 4. The van der Waals surface area contributed by atoms with E-state index in [9.17, 15) is 71.5 Å². The van der Waals surface area contributed by atoms with Gasteiger partial charge in [0.1, 0.15) is 30.2 Å². The van der Waals surface area contributed by atoms with Gasteiger partial charge in [-0.3, -0.25) is 97.1 Å². The minimum Gasteiger partial charge on any atom is -0.485 e. The van der Waals surface area contributed by atoms with Crippen LogP contribution in [0.1, 0.15) is 160 Å². The van der Waals surface area contributed by atoms with Crippen molar-refractivity contribution >= 4 is 127 Å². The number of nitrogens with two attached hydrogens (primary N) is 1. The SMILES string of the molecule is CNC(=O)c1cnc2ccc(-c3ccc(C(=O)NCCCCCC(=O)COc4cccc5c4C(=O)N(C4CCC(=O)NC4=O)C5=O)c(C)c3)cc2c1Nc1ccccc1.CNC(=O)c1cnc2ccc(-c3ccc(C(=O)NCCCCN)c(C)c3)cc2c1Nc1ccccc1.O=C(O)COc1cccc2c1C(=O)N(C1CCC(=O)NC1=O)C2=O.[2H]CF. The van der Waals surface area contributed by atoms with Gasteiger partial charge in [0, 0.05) is 92.1 Å². The molecule has 14 rings (SSSR count). The summed E-state index contributed by atoms with van der Waals surface area (Å²) in [5.74, 6) is -7.27. The number of halogens is 1. The van der Waals surface area contributed by atoms with E-state index in [-0.39, 0.29) is 102 Å². The van der Waals surface area contributed by atoms with Crippen LogP contribution in [0.4, 0.5) is 27.1 Å². The summed E-state index contributed by atoms with van der Waals surface area (Å²) in [5, 5.41) is 32.7. The third kappa shape index (κ3) is 20.4. The van der Waals surface area contributed by atoms with Crippen LogP contribution in [0, 0.1) is 13.8 Å². The Bertz CT molecular complexity index is 5760. The molecule has 0 saturated carbocycles. The smallest absolute Gasteiger partial charge is 0.341 e. The van der Waals surface area contributed by atoms with Gasteiger partial charge in [0.25, 0.3) is 47.3 Å². The van der Waals surface area contributed by atoms with Gasteiger partial charge in [-0.15, -0.1) is 0 Å². The normalized spacial score (nSPS) is 14.5. The number of aryl methyl sites for hydroxylation is 2. The summed E-state index contributed by atoms with van der Waals surface area (Å²) in [6.45, 7) is 4.50. The molecule has 2 atom stereocenters. The van der Waals surface area contributed by atoms with Crippen molar-refractivity contribution in [1.29, 1.82) is 0 Å². The zero-order valence-corrected chi connectivity index (χ0v) is 66.5. The Balaban J connectivity index is 0.000000194. The first-order valence-corrected chi connectivity index (χ1v) is 38.8. The number of nitrogens with zero attached hydrogens (tertiary/aromatic N) is 4. The fourth-order valence-electron chi connectivity index (χ4n) is 14.2. The minimum atomic E-state index is -1.23. The maximum atomic E-state index is 13.3. The summed E-state index contributed by atoms with van der Waals surface area (Å²) < 4.78 is 26.3. The number of nitrogens with one attached hydrogen (secondary N) is 8. The molecule has 12 amide bonds. The first kappa shape index (κ1) is 85.6. The zero-order chi connectivity index (χ0) is 87.3. The lowest BCUT2D eigenvalue weighted by Gasteiger charge is -2.27. The van der Waals surface area contributed by atoms with E-state index >= 15 is 0 Å². The van der Waals surface area contributed by atoms with Crippen LogP contribution in [-0.4, -0.2) is 174 Å². The van der Waals surface area contributed by atoms with Crippen LogP contribution >= 0.6 is 0 Å². The van der Waals surface area contributed by atoms with Crippen LogP contribution in [0.25, 0.3) is 44.1 Å². The van der Waals surface area contributed by atoms with Crippen molar-refractivity contribution in [2.24, 2.45) is 5.73 Å². The highest BCUT2D eigenvalue weighted by Gasteiger charge is 2.48. The molecule has 10 aromatic rings. The van der Waals surface area contributed by atoms with Gasteiger partial charge >= 0.3 is 5.97 Å². The lowest BCUT2D eigenvalue weighted by Crippen LogP contribution is -2.54. The molecule has 31 heteroatoms. The molecule has 2 fully saturated rings. The number of aliphatic carboxylic acids is 1. The molecular formula is C90H88FN13O17. The molecule has 0 radical (unpaired) electrons. The molecule has 2 aromatic heterocycles. The van der Waals surface area contributed by atoms with E-state index < -0.39 is 79.1 Å². The maximum Gasteiger partial charge on any atom is 0.341 e. The van der Waals surface area contributed by atoms with E-state index in [1.54, 1.807) is 32.6 Å². The number of carbonyl (C=O) groups is 14. The number of piperidine rings is 2. The molecule has 4 aliphatic rings. The topological polar surface area (TPSA) is 432 Å². The van der Waals surface area contributed by atoms with Crippen molar-refractivity contribution in [2.45, 2.75) is 90.1 Å². The Morgan fingerprint density at radius 3 is 1.32 bits per heavy atom. The summed E-state index contributed by atoms with van der Waals surface area (Å²) >= 11 is 0. The van der Waals surface area contributed by atoms with Gasteiger partial charge in [-0.25, -0.2) is 4.79 Å². The predicted octanol–water partition coefficient (Wildman–Crippen LogP) is 10.6. The van der Waals surface area contributed by atoms with Gasteiger partial charge in [-0.1, -0.05) is 91.3 Å². The van der Waals surface area contributed by atoms with Crippen LogP contribution < -0.4 is 57.7 Å². The number of ether oxygens (including phenoxy) is 2. The van der Waals surface area contributed by atoms with Gasteiger partial charge < -0.3 is 52.2 Å². The summed E-state index contributed by atoms with van der Waals surface area (Å²) in [4.78, 5) is 184. The number of aromatic nitrogens is 2. The highest BCUT2D eigenvalue weighted by Crippen LogP contribution is 2.39. The van der Waals surface area contributed by atoms with E-state index in [0.29, 0.717) is 72.5 Å². The Labute approximate surface area is 695 Å². The molecule has 0 bridgehead atoms. The van der Waals surface area contributed by atoms with Gasteiger partial charge in [-0.05, 0) is 177 Å². The fraction of sp³-hybridized carbons (Fsp3) is 0.244. The summed E-state index contributed by atoms with van der Waals surface area (Å²) in [5.41, 5.74) is 17.6. The number of imide groups is 4. The summed E-state index contributed by atoms with van der Waals surface area (Å²) in [6, 6.07) is 49.1. The Hall–Kier alpha value is -14.8. The third-order valence-corrected chi connectivity index (χ3v) is 20.3. The minimum absolute atomic E-state index is 0.00835. The summed E-state index contributed by atoms with van der Waals surface area (Å²) in [6.07, 6.45) is 7.13. The van der Waals surface area contributed by atoms with Crippen molar-refractivity contribution in [2.75, 3.05) is 64.7 Å². The molecule has 6 heterocycles. The number of ketones is 1. The van der Waals surface area contributed by atoms with Crippen LogP contribution in [0.15, 0.2) is 182 Å². The molecule has 622 valence electrons. The van der Waals surface area contributed by atoms with Crippen molar-refractivity contribution in [1.82, 2.24) is 51.7 Å². The number of pyridine rings is 2. The standard InChI is InChI=1S/C45H42N6O8.C29H31N5O2.C15H12N2O7.CH3F/c1-26-22-27(28-16-18-35-33(23-28)40(34(24-48-35)41(54)46-2)49-29-10-5-3-6-11-29)15-17-31(26)42(55)47-21-8-4-7-12-30(52)25-59-37-14-9-13-32-39(37)45(58)51(44(32)57)36-19-20-38(53)50-43(36)56;1-19-16-20(10-12-23(19)29(36)32-15-7-6-14-30)21-11-13-26-24(17-21)27(25(18-33-26)28(35)31-2)34-22-8-4-3-5-9-22;18-10-5-4-8(13(21)16-10)17-14(22)7-2-1-3-9(12(7)15(17)23)24-6-11(19)20;1-2/h3,5-6,9-11,13-18,22-24,36H,4,7-8,12,19-21,25H2,1-2H3,(H,46,54)(H,47,55)(H,48,49)(H,50,53,56);3-5,8-13,16-18H,6-7,14-15,30H2,1-2H3,(H,31,35)(H,32,36)(H,33,34);1-3,8H,4-6H2,(H,19,20)(H,16,18,21);1H3/i;;;1D. The average molecular weight is 1640 g/mol. The number of rotatable bonds is 28. The number of benzene rings is 8. The number of fused-ring (bicyclic) bond motifs is 4. The lowest BCUT2D eigenvalue weighted by molar-refractivity contribution is -0.139. The van der Waals surface area contributed by atoms with Crippen molar-refractivity contribution in [3.8, 4) is 33.8 Å². The molecule has 0 aliphatic carbocycles. The fourth-order valence-corrected chi connectivity index (χ4v) is 14.2. The molecule has 4 aliphatic heterocycles. The van der Waals surface area contributed by atoms with E-state index in [4.69, 9.17) is 21.7 Å². The number of carboxylic acids is 1. The number of hydrogen-bond donors (Lipinski definition) is 10. The number of carbonyl (C=O) groups excluding carboxylic acids is 13. The van der Waals surface area contributed by atoms with E-state index in [1.165, 1.54) is 36.4 Å². The van der Waals surface area contributed by atoms with Crippen molar-refractivity contribution < 1.29 is 87.5 Å². The Morgan fingerprint density at radius 1 is 0.504 bits per heavy atom. The predicted molar refractivity (Wildman–Crippen MR) is 448 cm³/mol.